The van der Waals surface area contributed by atoms with Crippen LogP contribution in [0.3, 0.4) is 0 Å². The Morgan fingerprint density at radius 2 is 1.71 bits per heavy atom. The fourth-order valence-electron chi connectivity index (χ4n) is 2.19. The van der Waals surface area contributed by atoms with Crippen LogP contribution in [-0.2, 0) is 10.0 Å². The van der Waals surface area contributed by atoms with Crippen molar-refractivity contribution in [3.05, 3.63) is 58.9 Å². The van der Waals surface area contributed by atoms with Gasteiger partial charge in [-0.25, -0.2) is 12.8 Å². The van der Waals surface area contributed by atoms with E-state index in [2.05, 4.69) is 4.72 Å². The molecule has 0 heterocycles. The second-order valence-corrected chi connectivity index (χ2v) is 6.25. The van der Waals surface area contributed by atoms with E-state index in [1.165, 1.54) is 26.0 Å². The van der Waals surface area contributed by atoms with Crippen molar-refractivity contribution in [2.75, 3.05) is 4.72 Å². The Labute approximate surface area is 122 Å². The number of aryl methyl sites for hydroxylation is 2. The highest BCUT2D eigenvalue weighted by Gasteiger charge is 2.21. The fourth-order valence-corrected chi connectivity index (χ4v) is 3.72. The van der Waals surface area contributed by atoms with Gasteiger partial charge in [0.1, 0.15) is 11.9 Å². The van der Waals surface area contributed by atoms with Crippen LogP contribution in [0.1, 0.15) is 16.7 Å². The zero-order chi connectivity index (χ0) is 15.6. The number of anilines is 1. The van der Waals surface area contributed by atoms with E-state index < -0.39 is 15.8 Å². The van der Waals surface area contributed by atoms with Gasteiger partial charge in [0.15, 0.2) is 0 Å². The van der Waals surface area contributed by atoms with Crippen LogP contribution in [0.5, 0.6) is 0 Å². The maximum absolute atomic E-state index is 13.3. The SMILES string of the molecule is Cc1cc(F)cc(C)c1S(=O)(=O)Nc1ccccc1C#N. The first kappa shape index (κ1) is 15.0. The van der Waals surface area contributed by atoms with E-state index >= 15 is 0 Å². The molecule has 0 amide bonds. The molecule has 0 radical (unpaired) electrons. The number of para-hydroxylation sites is 1. The average Bonchev–Trinajstić information content (AvgIpc) is 2.37. The fraction of sp³-hybridized carbons (Fsp3) is 0.133. The summed E-state index contributed by atoms with van der Waals surface area (Å²) in [6.07, 6.45) is 0. The van der Waals surface area contributed by atoms with Crippen molar-refractivity contribution in [2.45, 2.75) is 18.7 Å². The van der Waals surface area contributed by atoms with Gasteiger partial charge < -0.3 is 0 Å². The van der Waals surface area contributed by atoms with Crippen LogP contribution in [0.4, 0.5) is 10.1 Å². The molecular weight excluding hydrogens is 291 g/mol. The number of rotatable bonds is 3. The van der Waals surface area contributed by atoms with E-state index in [0.29, 0.717) is 11.1 Å². The van der Waals surface area contributed by atoms with Crippen molar-refractivity contribution in [1.29, 1.82) is 5.26 Å². The third-order valence-electron chi connectivity index (χ3n) is 2.99. The van der Waals surface area contributed by atoms with Gasteiger partial charge in [0.25, 0.3) is 10.0 Å². The van der Waals surface area contributed by atoms with Gasteiger partial charge in [-0.05, 0) is 49.2 Å². The molecule has 0 bridgehead atoms. The summed E-state index contributed by atoms with van der Waals surface area (Å²) in [6, 6.07) is 10.5. The molecule has 0 saturated heterocycles. The van der Waals surface area contributed by atoms with Crippen LogP contribution in [0, 0.1) is 31.0 Å². The van der Waals surface area contributed by atoms with Gasteiger partial charge in [-0.15, -0.1) is 0 Å². The summed E-state index contributed by atoms with van der Waals surface area (Å²) < 4.78 is 40.6. The van der Waals surface area contributed by atoms with E-state index in [1.807, 2.05) is 6.07 Å². The molecule has 4 nitrogen and oxygen atoms in total. The van der Waals surface area contributed by atoms with Crippen LogP contribution in [0.15, 0.2) is 41.3 Å². The van der Waals surface area contributed by atoms with Gasteiger partial charge in [-0.2, -0.15) is 5.26 Å². The van der Waals surface area contributed by atoms with Gasteiger partial charge in [0.2, 0.25) is 0 Å². The minimum Gasteiger partial charge on any atom is -0.278 e. The molecule has 108 valence electrons. The summed E-state index contributed by atoms with van der Waals surface area (Å²) in [4.78, 5) is 0.0247. The number of hydrogen-bond donors (Lipinski definition) is 1. The van der Waals surface area contributed by atoms with Crippen molar-refractivity contribution >= 4 is 15.7 Å². The molecule has 0 unspecified atom stereocenters. The molecule has 0 atom stereocenters. The minimum absolute atomic E-state index is 0.0247. The predicted octanol–water partition coefficient (Wildman–Crippen LogP) is 3.12. The minimum atomic E-state index is -3.89. The molecule has 0 aliphatic heterocycles. The first-order valence-corrected chi connectivity index (χ1v) is 7.62. The van der Waals surface area contributed by atoms with Crippen molar-refractivity contribution in [2.24, 2.45) is 0 Å². The molecule has 0 aromatic heterocycles. The Morgan fingerprint density at radius 3 is 2.29 bits per heavy atom. The van der Waals surface area contributed by atoms with Crippen LogP contribution in [-0.4, -0.2) is 8.42 Å². The number of nitrogens with zero attached hydrogens (tertiary/aromatic N) is 1. The van der Waals surface area contributed by atoms with Gasteiger partial charge in [0, 0.05) is 0 Å². The third-order valence-corrected chi connectivity index (χ3v) is 4.66. The van der Waals surface area contributed by atoms with Crippen LogP contribution in [0.25, 0.3) is 0 Å². The Bertz CT molecular complexity index is 816. The lowest BCUT2D eigenvalue weighted by Gasteiger charge is -2.13. The average molecular weight is 304 g/mol. The zero-order valence-electron chi connectivity index (χ0n) is 11.5. The summed E-state index contributed by atoms with van der Waals surface area (Å²) in [5.41, 5.74) is 1.05. The Balaban J connectivity index is 2.52. The summed E-state index contributed by atoms with van der Waals surface area (Å²) >= 11 is 0. The monoisotopic (exact) mass is 304 g/mol. The quantitative estimate of drug-likeness (QED) is 0.947. The van der Waals surface area contributed by atoms with Gasteiger partial charge in [-0.3, -0.25) is 4.72 Å². The zero-order valence-corrected chi connectivity index (χ0v) is 12.3. The lowest BCUT2D eigenvalue weighted by Crippen LogP contribution is -2.16. The first-order valence-electron chi connectivity index (χ1n) is 6.14. The Hall–Kier alpha value is -2.39. The van der Waals surface area contributed by atoms with E-state index in [4.69, 9.17) is 5.26 Å². The largest absolute Gasteiger partial charge is 0.278 e. The van der Waals surface area contributed by atoms with Crippen LogP contribution >= 0.6 is 0 Å². The maximum Gasteiger partial charge on any atom is 0.262 e. The van der Waals surface area contributed by atoms with Crippen molar-refractivity contribution in [1.82, 2.24) is 0 Å². The van der Waals surface area contributed by atoms with Crippen molar-refractivity contribution in [3.8, 4) is 6.07 Å². The normalized spacial score (nSPS) is 11.0. The standard InChI is InChI=1S/C15H13FN2O2S/c1-10-7-13(16)8-11(2)15(10)21(19,20)18-14-6-4-3-5-12(14)9-17/h3-8,18H,1-2H3. The Kier molecular flexibility index (Phi) is 3.96. The molecule has 0 aliphatic rings. The molecule has 0 spiro atoms. The summed E-state index contributed by atoms with van der Waals surface area (Å²) in [6.45, 7) is 3.06. The molecule has 2 rings (SSSR count). The second kappa shape index (κ2) is 5.54. The van der Waals surface area contributed by atoms with Gasteiger partial charge in [0.05, 0.1) is 16.1 Å². The van der Waals surface area contributed by atoms with E-state index in [1.54, 1.807) is 12.1 Å². The van der Waals surface area contributed by atoms with Crippen LogP contribution in [0.2, 0.25) is 0 Å². The predicted molar refractivity (Wildman–Crippen MR) is 77.8 cm³/mol. The molecule has 0 saturated carbocycles. The lowest BCUT2D eigenvalue weighted by atomic mass is 10.1. The molecule has 21 heavy (non-hydrogen) atoms. The molecule has 6 heteroatoms. The number of nitrogens with one attached hydrogen (secondary N) is 1. The lowest BCUT2D eigenvalue weighted by molar-refractivity contribution is 0.597. The van der Waals surface area contributed by atoms with E-state index in [0.717, 1.165) is 12.1 Å². The highest BCUT2D eigenvalue weighted by Crippen LogP contribution is 2.25. The number of hydrogen-bond acceptors (Lipinski definition) is 3. The topological polar surface area (TPSA) is 70.0 Å². The first-order chi connectivity index (χ1) is 9.85. The molecule has 2 aromatic rings. The summed E-state index contributed by atoms with van der Waals surface area (Å²) in [5.74, 6) is -0.485. The smallest absolute Gasteiger partial charge is 0.262 e. The van der Waals surface area contributed by atoms with Gasteiger partial charge in [-0.1, -0.05) is 12.1 Å². The van der Waals surface area contributed by atoms with Crippen molar-refractivity contribution in [3.63, 3.8) is 0 Å². The summed E-state index contributed by atoms with van der Waals surface area (Å²) in [7, 11) is -3.89. The molecule has 2 aromatic carbocycles. The van der Waals surface area contributed by atoms with E-state index in [-0.39, 0.29) is 16.1 Å². The number of sulfonamides is 1. The number of benzene rings is 2. The molecular formula is C15H13FN2O2S. The van der Waals surface area contributed by atoms with Crippen LogP contribution < -0.4 is 4.72 Å². The van der Waals surface area contributed by atoms with Crippen molar-refractivity contribution < 1.29 is 12.8 Å². The molecule has 1 N–H and O–H groups in total. The molecule has 0 fully saturated rings. The third kappa shape index (κ3) is 3.03. The number of nitriles is 1. The Morgan fingerprint density at radius 1 is 1.14 bits per heavy atom. The van der Waals surface area contributed by atoms with Gasteiger partial charge >= 0.3 is 0 Å². The second-order valence-electron chi connectivity index (χ2n) is 4.63. The highest BCUT2D eigenvalue weighted by molar-refractivity contribution is 7.92. The summed E-state index contributed by atoms with van der Waals surface area (Å²) in [5, 5.41) is 9.00. The molecule has 0 aliphatic carbocycles. The maximum atomic E-state index is 13.3. The van der Waals surface area contributed by atoms with E-state index in [9.17, 15) is 12.8 Å². The highest BCUT2D eigenvalue weighted by atomic mass is 32.2. The number of halogens is 1.